The summed E-state index contributed by atoms with van der Waals surface area (Å²) in [6, 6.07) is 18.3. The maximum atomic E-state index is 10.8. The maximum Gasteiger partial charge on any atom is 0.142 e. The molecule has 0 radical (unpaired) electrons. The van der Waals surface area contributed by atoms with E-state index in [1.807, 2.05) is 42.5 Å². The van der Waals surface area contributed by atoms with Crippen LogP contribution in [0, 0.1) is 0 Å². The molecule has 1 aliphatic rings. The molecule has 2 atom stereocenters. The fraction of sp³-hybridized carbons (Fsp3) is 0.429. The smallest absolute Gasteiger partial charge is 0.142 e. The minimum atomic E-state index is -0.441. The van der Waals surface area contributed by atoms with Crippen molar-refractivity contribution >= 4 is 5.69 Å². The molecule has 25 heavy (non-hydrogen) atoms. The lowest BCUT2D eigenvalue weighted by Crippen LogP contribution is -2.52. The van der Waals surface area contributed by atoms with Gasteiger partial charge in [0, 0.05) is 32.2 Å². The van der Waals surface area contributed by atoms with E-state index in [-0.39, 0.29) is 6.04 Å². The van der Waals surface area contributed by atoms with Gasteiger partial charge in [-0.3, -0.25) is 4.90 Å². The van der Waals surface area contributed by atoms with Gasteiger partial charge in [0.05, 0.1) is 18.9 Å². The van der Waals surface area contributed by atoms with E-state index in [9.17, 15) is 5.11 Å². The van der Waals surface area contributed by atoms with E-state index in [0.29, 0.717) is 0 Å². The van der Waals surface area contributed by atoms with Gasteiger partial charge in [0.2, 0.25) is 0 Å². The number of rotatable bonds is 6. The van der Waals surface area contributed by atoms with Crippen LogP contribution in [-0.2, 0) is 0 Å². The van der Waals surface area contributed by atoms with Crippen LogP contribution in [0.25, 0.3) is 0 Å². The molecule has 2 aromatic rings. The number of aliphatic hydroxyl groups is 1. The van der Waals surface area contributed by atoms with Crippen LogP contribution in [0.4, 0.5) is 5.69 Å². The molecule has 1 fully saturated rings. The second kappa shape index (κ2) is 8.37. The van der Waals surface area contributed by atoms with Crippen molar-refractivity contribution in [1.82, 2.24) is 4.90 Å². The van der Waals surface area contributed by atoms with E-state index in [1.165, 1.54) is 0 Å². The van der Waals surface area contributed by atoms with Gasteiger partial charge in [0.15, 0.2) is 0 Å². The number of para-hydroxylation sites is 2. The van der Waals surface area contributed by atoms with E-state index < -0.39 is 6.10 Å². The summed E-state index contributed by atoms with van der Waals surface area (Å²) >= 11 is 0. The standard InChI is InChI=1S/C21H28N2O2/c1-3-18(21(24)17-9-5-4-6-10-17)22-13-15-23(16-14-22)19-11-7-8-12-20(19)25-2/h4-12,18,21,24H,3,13-16H2,1-2H3. The fourth-order valence-electron chi connectivity index (χ4n) is 3.74. The number of piperazine rings is 1. The number of anilines is 1. The predicted molar refractivity (Wildman–Crippen MR) is 102 cm³/mol. The van der Waals surface area contributed by atoms with Crippen LogP contribution in [0.3, 0.4) is 0 Å². The van der Waals surface area contributed by atoms with Gasteiger partial charge in [-0.2, -0.15) is 0 Å². The molecule has 0 bridgehead atoms. The molecular weight excluding hydrogens is 312 g/mol. The van der Waals surface area contributed by atoms with Crippen molar-refractivity contribution < 1.29 is 9.84 Å². The molecular formula is C21H28N2O2. The van der Waals surface area contributed by atoms with Crippen molar-refractivity contribution in [2.75, 3.05) is 38.2 Å². The Labute approximate surface area is 150 Å². The lowest BCUT2D eigenvalue weighted by molar-refractivity contribution is 0.0423. The van der Waals surface area contributed by atoms with Crippen LogP contribution in [0.1, 0.15) is 25.0 Å². The number of ether oxygens (including phenoxy) is 1. The summed E-state index contributed by atoms with van der Waals surface area (Å²) in [5.41, 5.74) is 2.16. The Hall–Kier alpha value is -2.04. The molecule has 0 amide bonds. The molecule has 1 heterocycles. The van der Waals surface area contributed by atoms with Gasteiger partial charge in [-0.05, 0) is 24.1 Å². The number of hydrogen-bond donors (Lipinski definition) is 1. The van der Waals surface area contributed by atoms with Gasteiger partial charge in [-0.1, -0.05) is 49.4 Å². The van der Waals surface area contributed by atoms with Crippen LogP contribution in [0.2, 0.25) is 0 Å². The van der Waals surface area contributed by atoms with Gasteiger partial charge >= 0.3 is 0 Å². The molecule has 0 aromatic heterocycles. The van der Waals surface area contributed by atoms with Crippen molar-refractivity contribution in [1.29, 1.82) is 0 Å². The summed E-state index contributed by atoms with van der Waals surface area (Å²) in [6.45, 7) is 5.93. The number of nitrogens with zero attached hydrogens (tertiary/aromatic N) is 2. The lowest BCUT2D eigenvalue weighted by atomic mass is 9.98. The van der Waals surface area contributed by atoms with Gasteiger partial charge in [-0.15, -0.1) is 0 Å². The quantitative estimate of drug-likeness (QED) is 0.875. The average Bonchev–Trinajstić information content (AvgIpc) is 2.69. The summed E-state index contributed by atoms with van der Waals surface area (Å²) in [5, 5.41) is 10.8. The summed E-state index contributed by atoms with van der Waals surface area (Å²) in [7, 11) is 1.72. The highest BCUT2D eigenvalue weighted by Crippen LogP contribution is 2.30. The maximum absolute atomic E-state index is 10.8. The van der Waals surface area contributed by atoms with Crippen LogP contribution in [0.5, 0.6) is 5.75 Å². The monoisotopic (exact) mass is 340 g/mol. The van der Waals surface area contributed by atoms with E-state index in [1.54, 1.807) is 7.11 Å². The third-order valence-corrected chi connectivity index (χ3v) is 5.13. The van der Waals surface area contributed by atoms with Gasteiger partial charge in [0.25, 0.3) is 0 Å². The first-order valence-corrected chi connectivity index (χ1v) is 9.09. The Morgan fingerprint density at radius 3 is 2.24 bits per heavy atom. The average molecular weight is 340 g/mol. The highest BCUT2D eigenvalue weighted by atomic mass is 16.5. The third-order valence-electron chi connectivity index (χ3n) is 5.13. The summed E-state index contributed by atoms with van der Waals surface area (Å²) in [5.74, 6) is 0.923. The van der Waals surface area contributed by atoms with Crippen molar-refractivity contribution in [3.8, 4) is 5.75 Å². The fourth-order valence-corrected chi connectivity index (χ4v) is 3.74. The first kappa shape index (κ1) is 17.8. The zero-order chi connectivity index (χ0) is 17.6. The summed E-state index contributed by atoms with van der Waals surface area (Å²) in [6.07, 6.45) is 0.495. The van der Waals surface area contributed by atoms with Crippen molar-refractivity contribution in [2.45, 2.75) is 25.5 Å². The summed E-state index contributed by atoms with van der Waals surface area (Å²) < 4.78 is 5.49. The molecule has 3 rings (SSSR count). The molecule has 2 aromatic carbocycles. The molecule has 0 aliphatic carbocycles. The topological polar surface area (TPSA) is 35.9 Å². The van der Waals surface area contributed by atoms with Crippen LogP contribution in [-0.4, -0.2) is 49.3 Å². The minimum absolute atomic E-state index is 0.155. The highest BCUT2D eigenvalue weighted by Gasteiger charge is 2.29. The van der Waals surface area contributed by atoms with Crippen molar-refractivity contribution in [3.05, 3.63) is 60.2 Å². The normalized spacial score (nSPS) is 18.0. The van der Waals surface area contributed by atoms with Crippen LogP contribution >= 0.6 is 0 Å². The second-order valence-electron chi connectivity index (χ2n) is 6.53. The first-order chi connectivity index (χ1) is 12.2. The molecule has 4 heteroatoms. The van der Waals surface area contributed by atoms with Gasteiger partial charge in [0.1, 0.15) is 5.75 Å². The first-order valence-electron chi connectivity index (χ1n) is 9.09. The van der Waals surface area contributed by atoms with E-state index in [2.05, 4.69) is 28.9 Å². The largest absolute Gasteiger partial charge is 0.495 e. The molecule has 1 N–H and O–H groups in total. The molecule has 1 aliphatic heterocycles. The predicted octanol–water partition coefficient (Wildman–Crippen LogP) is 3.33. The van der Waals surface area contributed by atoms with Crippen molar-refractivity contribution in [2.24, 2.45) is 0 Å². The zero-order valence-electron chi connectivity index (χ0n) is 15.1. The van der Waals surface area contributed by atoms with E-state index in [4.69, 9.17) is 4.74 Å². The number of aliphatic hydroxyl groups excluding tert-OH is 1. The molecule has 1 saturated heterocycles. The molecule has 0 spiro atoms. The Balaban J connectivity index is 1.66. The molecule has 2 unspecified atom stereocenters. The van der Waals surface area contributed by atoms with Crippen LogP contribution < -0.4 is 9.64 Å². The minimum Gasteiger partial charge on any atom is -0.495 e. The van der Waals surface area contributed by atoms with E-state index in [0.717, 1.165) is 49.6 Å². The van der Waals surface area contributed by atoms with Crippen molar-refractivity contribution in [3.63, 3.8) is 0 Å². The molecule has 4 nitrogen and oxygen atoms in total. The Morgan fingerprint density at radius 2 is 1.60 bits per heavy atom. The Kier molecular flexibility index (Phi) is 5.95. The number of hydrogen-bond acceptors (Lipinski definition) is 4. The third kappa shape index (κ3) is 3.97. The highest BCUT2D eigenvalue weighted by molar-refractivity contribution is 5.58. The summed E-state index contributed by atoms with van der Waals surface area (Å²) in [4.78, 5) is 4.79. The SMILES string of the molecule is CCC(C(O)c1ccccc1)N1CCN(c2ccccc2OC)CC1. The van der Waals surface area contributed by atoms with Crippen LogP contribution in [0.15, 0.2) is 54.6 Å². The Morgan fingerprint density at radius 1 is 0.960 bits per heavy atom. The second-order valence-corrected chi connectivity index (χ2v) is 6.53. The molecule has 0 saturated carbocycles. The van der Waals surface area contributed by atoms with E-state index >= 15 is 0 Å². The zero-order valence-corrected chi connectivity index (χ0v) is 15.1. The lowest BCUT2D eigenvalue weighted by Gasteiger charge is -2.41. The number of benzene rings is 2. The molecule has 134 valence electrons. The number of methoxy groups -OCH3 is 1. The van der Waals surface area contributed by atoms with Gasteiger partial charge in [-0.25, -0.2) is 0 Å². The van der Waals surface area contributed by atoms with Gasteiger partial charge < -0.3 is 14.7 Å². The Bertz CT molecular complexity index is 654.